The van der Waals surface area contributed by atoms with E-state index in [2.05, 4.69) is 6.07 Å². The first-order valence-electron chi connectivity index (χ1n) is 6.61. The molecule has 100 valence electrons. The van der Waals surface area contributed by atoms with Crippen molar-refractivity contribution in [1.82, 2.24) is 0 Å². The molecule has 0 amide bonds. The molecule has 0 unspecified atom stereocenters. The summed E-state index contributed by atoms with van der Waals surface area (Å²) in [6.45, 7) is 0. The Bertz CT molecular complexity index is 574. The number of rotatable bonds is 3. The zero-order chi connectivity index (χ0) is 13.2. The summed E-state index contributed by atoms with van der Waals surface area (Å²) in [5, 5.41) is 0. The van der Waals surface area contributed by atoms with Crippen LogP contribution in [0.5, 0.6) is 0 Å². The quantitative estimate of drug-likeness (QED) is 0.565. The zero-order valence-electron chi connectivity index (χ0n) is 10.6. The Labute approximate surface area is 126 Å². The predicted octanol–water partition coefficient (Wildman–Crippen LogP) is 5.16. The summed E-state index contributed by atoms with van der Waals surface area (Å²) in [5.74, 6) is 0.233. The van der Waals surface area contributed by atoms with Crippen LogP contribution in [0.25, 0.3) is 0 Å². The smallest absolute Gasteiger partial charge is 0.177 e. The Kier molecular flexibility index (Phi) is 4.06. The number of Topliss-reactive ketones (excluding diaryl/α,β-unsaturated/α-hetero) is 1. The second-order valence-electron chi connectivity index (χ2n) is 4.93. The van der Waals surface area contributed by atoms with Gasteiger partial charge in [-0.1, -0.05) is 18.0 Å². The topological polar surface area (TPSA) is 17.1 Å². The van der Waals surface area contributed by atoms with Gasteiger partial charge in [-0.3, -0.25) is 4.79 Å². The van der Waals surface area contributed by atoms with Gasteiger partial charge in [-0.25, -0.2) is 0 Å². The highest BCUT2D eigenvalue weighted by molar-refractivity contribution is 7.16. The zero-order valence-corrected chi connectivity index (χ0v) is 13.0. The lowest BCUT2D eigenvalue weighted by Crippen LogP contribution is -1.99. The van der Waals surface area contributed by atoms with Crippen LogP contribution in [-0.4, -0.2) is 5.78 Å². The Morgan fingerprint density at radius 2 is 2.00 bits per heavy atom. The van der Waals surface area contributed by atoms with Gasteiger partial charge in [0.15, 0.2) is 5.78 Å². The van der Waals surface area contributed by atoms with Gasteiger partial charge in [-0.2, -0.15) is 0 Å². The molecule has 1 aliphatic carbocycles. The molecule has 0 fully saturated rings. The number of ketones is 1. The summed E-state index contributed by atoms with van der Waals surface area (Å²) in [6, 6.07) is 5.94. The van der Waals surface area contributed by atoms with Crippen molar-refractivity contribution in [3.8, 4) is 0 Å². The second-order valence-corrected chi connectivity index (χ2v) is 7.86. The number of thiophene rings is 2. The first-order valence-corrected chi connectivity index (χ1v) is 8.62. The third-order valence-electron chi connectivity index (χ3n) is 3.49. The Balaban J connectivity index is 1.76. The minimum Gasteiger partial charge on any atom is -0.293 e. The highest BCUT2D eigenvalue weighted by Gasteiger charge is 2.17. The standard InChI is InChI=1S/C15H15ClOS2/c16-15-7-6-11(18-15)9-12(17)14-8-10-4-2-1-3-5-13(10)19-14/h6-8H,1-5,9H2. The van der Waals surface area contributed by atoms with Crippen LogP contribution < -0.4 is 0 Å². The van der Waals surface area contributed by atoms with E-state index in [0.717, 1.165) is 26.9 Å². The molecule has 0 radical (unpaired) electrons. The van der Waals surface area contributed by atoms with Gasteiger partial charge in [0.1, 0.15) is 0 Å². The van der Waals surface area contributed by atoms with Gasteiger partial charge < -0.3 is 0 Å². The Hall–Kier alpha value is -0.640. The summed E-state index contributed by atoms with van der Waals surface area (Å²) in [7, 11) is 0. The van der Waals surface area contributed by atoms with E-state index < -0.39 is 0 Å². The third kappa shape index (κ3) is 3.10. The molecule has 0 aliphatic heterocycles. The Morgan fingerprint density at radius 1 is 1.16 bits per heavy atom. The van der Waals surface area contributed by atoms with Gasteiger partial charge in [0, 0.05) is 16.2 Å². The Morgan fingerprint density at radius 3 is 2.79 bits per heavy atom. The van der Waals surface area contributed by atoms with Gasteiger partial charge in [0.05, 0.1) is 9.21 Å². The molecule has 0 bridgehead atoms. The molecule has 4 heteroatoms. The first kappa shape index (κ1) is 13.3. The lowest BCUT2D eigenvalue weighted by molar-refractivity contribution is 0.0997. The van der Waals surface area contributed by atoms with E-state index in [4.69, 9.17) is 11.6 Å². The number of hydrogen-bond donors (Lipinski definition) is 0. The SMILES string of the molecule is O=C(Cc1ccc(Cl)s1)c1cc2c(s1)CCCCC2. The summed E-state index contributed by atoms with van der Waals surface area (Å²) in [6.07, 6.45) is 6.62. The van der Waals surface area contributed by atoms with E-state index >= 15 is 0 Å². The van der Waals surface area contributed by atoms with Gasteiger partial charge in [-0.05, 0) is 49.4 Å². The van der Waals surface area contributed by atoms with Gasteiger partial charge >= 0.3 is 0 Å². The van der Waals surface area contributed by atoms with E-state index in [-0.39, 0.29) is 5.78 Å². The fourth-order valence-electron chi connectivity index (χ4n) is 2.50. The number of carbonyl (C=O) groups is 1. The van der Waals surface area contributed by atoms with E-state index in [1.54, 1.807) is 11.3 Å². The van der Waals surface area contributed by atoms with Crippen molar-refractivity contribution in [2.24, 2.45) is 0 Å². The van der Waals surface area contributed by atoms with Crippen molar-refractivity contribution in [3.63, 3.8) is 0 Å². The average molecular weight is 311 g/mol. The summed E-state index contributed by atoms with van der Waals surface area (Å²) in [4.78, 5) is 15.7. The van der Waals surface area contributed by atoms with Crippen LogP contribution in [0.3, 0.4) is 0 Å². The molecule has 3 rings (SSSR count). The molecule has 2 heterocycles. The van der Waals surface area contributed by atoms with Crippen LogP contribution in [0, 0.1) is 0 Å². The summed E-state index contributed by atoms with van der Waals surface area (Å²) >= 11 is 9.10. The molecular weight excluding hydrogens is 296 g/mol. The molecule has 2 aromatic heterocycles. The lowest BCUT2D eigenvalue weighted by Gasteiger charge is -1.95. The maximum absolute atomic E-state index is 12.3. The van der Waals surface area contributed by atoms with E-state index in [9.17, 15) is 4.79 Å². The van der Waals surface area contributed by atoms with E-state index in [1.165, 1.54) is 41.0 Å². The molecule has 0 spiro atoms. The number of carbonyl (C=O) groups excluding carboxylic acids is 1. The largest absolute Gasteiger partial charge is 0.293 e. The molecule has 2 aromatic rings. The van der Waals surface area contributed by atoms with Crippen LogP contribution in [0.1, 0.15) is 44.3 Å². The molecule has 0 aromatic carbocycles. The van der Waals surface area contributed by atoms with Crippen LogP contribution >= 0.6 is 34.3 Å². The minimum absolute atomic E-state index is 0.233. The third-order valence-corrected chi connectivity index (χ3v) is 5.99. The minimum atomic E-state index is 0.233. The number of fused-ring (bicyclic) bond motifs is 1. The number of halogens is 1. The maximum Gasteiger partial charge on any atom is 0.177 e. The number of aryl methyl sites for hydroxylation is 2. The highest BCUT2D eigenvalue weighted by Crippen LogP contribution is 2.30. The highest BCUT2D eigenvalue weighted by atomic mass is 35.5. The fourth-order valence-corrected chi connectivity index (χ4v) is 4.77. The fraction of sp³-hybridized carbons (Fsp3) is 0.400. The van der Waals surface area contributed by atoms with E-state index in [0.29, 0.717) is 6.42 Å². The van der Waals surface area contributed by atoms with Gasteiger partial charge in [0.2, 0.25) is 0 Å². The van der Waals surface area contributed by atoms with Crippen molar-refractivity contribution in [3.05, 3.63) is 42.7 Å². The van der Waals surface area contributed by atoms with Gasteiger partial charge in [0.25, 0.3) is 0 Å². The van der Waals surface area contributed by atoms with Crippen molar-refractivity contribution in [2.45, 2.75) is 38.5 Å². The molecule has 0 saturated heterocycles. The normalized spacial score (nSPS) is 15.0. The molecule has 0 atom stereocenters. The molecule has 0 N–H and O–H groups in total. The van der Waals surface area contributed by atoms with Gasteiger partial charge in [-0.15, -0.1) is 22.7 Å². The van der Waals surface area contributed by atoms with Crippen LogP contribution in [0.15, 0.2) is 18.2 Å². The van der Waals surface area contributed by atoms with Crippen molar-refractivity contribution < 1.29 is 4.79 Å². The van der Waals surface area contributed by atoms with Crippen LogP contribution in [0.2, 0.25) is 4.34 Å². The second kappa shape index (κ2) is 5.78. The molecular formula is C15H15ClOS2. The lowest BCUT2D eigenvalue weighted by atomic mass is 10.1. The molecule has 19 heavy (non-hydrogen) atoms. The monoisotopic (exact) mass is 310 g/mol. The van der Waals surface area contributed by atoms with Crippen molar-refractivity contribution in [2.75, 3.05) is 0 Å². The molecule has 1 aliphatic rings. The molecule has 1 nitrogen and oxygen atoms in total. The summed E-state index contributed by atoms with van der Waals surface area (Å²) < 4.78 is 0.754. The summed E-state index contributed by atoms with van der Waals surface area (Å²) in [5.41, 5.74) is 1.41. The maximum atomic E-state index is 12.3. The first-order chi connectivity index (χ1) is 9.22. The molecule has 0 saturated carbocycles. The predicted molar refractivity (Wildman–Crippen MR) is 82.9 cm³/mol. The van der Waals surface area contributed by atoms with Crippen molar-refractivity contribution >= 4 is 40.1 Å². The van der Waals surface area contributed by atoms with E-state index in [1.807, 2.05) is 12.1 Å². The van der Waals surface area contributed by atoms with Crippen LogP contribution in [-0.2, 0) is 19.3 Å². The average Bonchev–Trinajstić information content (AvgIpc) is 2.91. The number of hydrogen-bond acceptors (Lipinski definition) is 3. The van der Waals surface area contributed by atoms with Crippen molar-refractivity contribution in [1.29, 1.82) is 0 Å². The van der Waals surface area contributed by atoms with Crippen LogP contribution in [0.4, 0.5) is 0 Å².